The van der Waals surface area contributed by atoms with Gasteiger partial charge in [-0.25, -0.2) is 9.59 Å². The number of ether oxygens (including phenoxy) is 1. The minimum Gasteiger partial charge on any atom is -0.490 e. The summed E-state index contributed by atoms with van der Waals surface area (Å²) >= 11 is 0. The predicted molar refractivity (Wildman–Crippen MR) is 131 cm³/mol. The fourth-order valence-corrected chi connectivity index (χ4v) is 7.27. The largest absolute Gasteiger partial charge is 0.490 e. The maximum atomic E-state index is 12.8. The standard InChI is InChI=1S/C27H35N3O4/c1-15-23(33-21-5-7-30(2)8-6-21)4-3-18-14-22(26(31)34-25(15)18)28-27(32)29-24-19-10-16-9-17(12-19)13-20(24)11-16/h3-4,14,16-17,19-21,24H,5-13H2,1-2H3,(H2,28,29,32). The van der Waals surface area contributed by atoms with Crippen molar-refractivity contribution < 1.29 is 13.9 Å². The summed E-state index contributed by atoms with van der Waals surface area (Å²) in [5.41, 5.74) is 0.977. The van der Waals surface area contributed by atoms with Crippen LogP contribution in [0.15, 0.2) is 27.4 Å². The number of hydrogen-bond donors (Lipinski definition) is 2. The van der Waals surface area contributed by atoms with E-state index < -0.39 is 5.63 Å². The fraction of sp³-hybridized carbons (Fsp3) is 0.630. The van der Waals surface area contributed by atoms with E-state index in [0.717, 1.165) is 54.5 Å². The molecule has 34 heavy (non-hydrogen) atoms. The first kappa shape index (κ1) is 22.0. The second-order valence-electron chi connectivity index (χ2n) is 11.2. The third-order valence-corrected chi connectivity index (χ3v) is 8.83. The van der Waals surface area contributed by atoms with Crippen molar-refractivity contribution in [2.24, 2.45) is 23.7 Å². The maximum absolute atomic E-state index is 12.8. The van der Waals surface area contributed by atoms with Gasteiger partial charge in [0.2, 0.25) is 0 Å². The van der Waals surface area contributed by atoms with E-state index in [2.05, 4.69) is 22.6 Å². The van der Waals surface area contributed by atoms with Crippen molar-refractivity contribution in [3.63, 3.8) is 0 Å². The summed E-state index contributed by atoms with van der Waals surface area (Å²) in [5.74, 6) is 3.63. The number of nitrogens with zero attached hydrogens (tertiary/aromatic N) is 1. The van der Waals surface area contributed by atoms with Crippen molar-refractivity contribution in [2.75, 3.05) is 25.5 Å². The number of rotatable bonds is 4. The highest BCUT2D eigenvalue weighted by atomic mass is 16.5. The van der Waals surface area contributed by atoms with Gasteiger partial charge in [-0.3, -0.25) is 0 Å². The molecular weight excluding hydrogens is 430 g/mol. The molecule has 2 amide bonds. The SMILES string of the molecule is Cc1c(OC2CCN(C)CC2)ccc2cc(NC(=O)NC3C4CC5CC(C4)CC3C5)c(=O)oc12. The van der Waals surface area contributed by atoms with Crippen LogP contribution in [-0.2, 0) is 0 Å². The smallest absolute Gasteiger partial charge is 0.360 e. The van der Waals surface area contributed by atoms with Crippen molar-refractivity contribution in [3.05, 3.63) is 34.2 Å². The minimum absolute atomic E-state index is 0.175. The Labute approximate surface area is 200 Å². The molecule has 1 aromatic carbocycles. The van der Waals surface area contributed by atoms with Gasteiger partial charge >= 0.3 is 11.7 Å². The van der Waals surface area contributed by atoms with Crippen molar-refractivity contribution >= 4 is 22.7 Å². The maximum Gasteiger partial charge on any atom is 0.360 e. The van der Waals surface area contributed by atoms with E-state index >= 15 is 0 Å². The molecule has 1 saturated heterocycles. The Balaban J connectivity index is 1.16. The first-order chi connectivity index (χ1) is 16.4. The zero-order valence-corrected chi connectivity index (χ0v) is 20.1. The Morgan fingerprint density at radius 3 is 2.41 bits per heavy atom. The molecular formula is C27H35N3O4. The van der Waals surface area contributed by atoms with Crippen molar-refractivity contribution in [1.82, 2.24) is 10.2 Å². The van der Waals surface area contributed by atoms with E-state index in [0.29, 0.717) is 17.4 Å². The number of carbonyl (C=O) groups excluding carboxylic acids is 1. The molecule has 7 nitrogen and oxygen atoms in total. The summed E-state index contributed by atoms with van der Waals surface area (Å²) in [6, 6.07) is 5.47. The molecule has 5 fully saturated rings. The van der Waals surface area contributed by atoms with Crippen LogP contribution in [0.3, 0.4) is 0 Å². The lowest BCUT2D eigenvalue weighted by Gasteiger charge is -2.54. The molecule has 2 aromatic rings. The van der Waals surface area contributed by atoms with E-state index in [1.807, 2.05) is 19.1 Å². The number of fused-ring (bicyclic) bond motifs is 1. The third-order valence-electron chi connectivity index (χ3n) is 8.83. The summed E-state index contributed by atoms with van der Waals surface area (Å²) in [7, 11) is 2.13. The molecule has 7 rings (SSSR count). The van der Waals surface area contributed by atoms with Crippen molar-refractivity contribution in [2.45, 2.75) is 64.0 Å². The van der Waals surface area contributed by atoms with Gasteiger partial charge in [-0.15, -0.1) is 0 Å². The monoisotopic (exact) mass is 465 g/mol. The van der Waals surface area contributed by atoms with Crippen LogP contribution in [0.5, 0.6) is 5.75 Å². The zero-order chi connectivity index (χ0) is 23.4. The van der Waals surface area contributed by atoms with Crippen LogP contribution in [0.2, 0.25) is 0 Å². The number of aryl methyl sites for hydroxylation is 1. The summed E-state index contributed by atoms with van der Waals surface area (Å²) in [4.78, 5) is 27.9. The number of urea groups is 1. The zero-order valence-electron chi connectivity index (χ0n) is 20.1. The lowest BCUT2D eigenvalue weighted by molar-refractivity contribution is -0.00883. The van der Waals surface area contributed by atoms with E-state index in [4.69, 9.17) is 9.15 Å². The average Bonchev–Trinajstić information content (AvgIpc) is 2.80. The van der Waals surface area contributed by atoms with E-state index in [1.54, 1.807) is 6.07 Å². The molecule has 0 unspecified atom stereocenters. The van der Waals surface area contributed by atoms with Gasteiger partial charge in [0.15, 0.2) is 0 Å². The molecule has 4 aliphatic carbocycles. The van der Waals surface area contributed by atoms with Crippen molar-refractivity contribution in [3.8, 4) is 5.75 Å². The average molecular weight is 466 g/mol. The molecule has 2 N–H and O–H groups in total. The first-order valence-electron chi connectivity index (χ1n) is 12.9. The number of piperidine rings is 1. The van der Waals surface area contributed by atoms with Gasteiger partial charge in [0, 0.05) is 30.1 Å². The summed E-state index contributed by atoms with van der Waals surface area (Å²) < 4.78 is 11.9. The van der Waals surface area contributed by atoms with Gasteiger partial charge in [0.05, 0.1) is 0 Å². The number of anilines is 1. The van der Waals surface area contributed by atoms with Gasteiger partial charge < -0.3 is 24.7 Å². The normalized spacial score (nSPS) is 31.1. The topological polar surface area (TPSA) is 83.8 Å². The van der Waals surface area contributed by atoms with Crippen LogP contribution < -0.4 is 21.0 Å². The number of nitrogens with one attached hydrogen (secondary N) is 2. The number of amides is 2. The number of hydrogen-bond acceptors (Lipinski definition) is 5. The second kappa shape index (κ2) is 8.59. The van der Waals surface area contributed by atoms with Crippen LogP contribution in [0.1, 0.15) is 50.5 Å². The quantitative estimate of drug-likeness (QED) is 0.649. The number of likely N-dealkylation sites (tertiary alicyclic amines) is 1. The molecule has 7 heteroatoms. The van der Waals surface area contributed by atoms with Gasteiger partial charge in [-0.2, -0.15) is 0 Å². The molecule has 0 spiro atoms. The van der Waals surface area contributed by atoms with Crippen LogP contribution in [0, 0.1) is 30.6 Å². The highest BCUT2D eigenvalue weighted by Gasteiger charge is 2.48. The first-order valence-corrected chi connectivity index (χ1v) is 12.9. The molecule has 4 saturated carbocycles. The van der Waals surface area contributed by atoms with E-state index in [1.165, 1.54) is 32.1 Å². The molecule has 2 heterocycles. The van der Waals surface area contributed by atoms with Crippen molar-refractivity contribution in [1.29, 1.82) is 0 Å². The fourth-order valence-electron chi connectivity index (χ4n) is 7.27. The summed E-state index contributed by atoms with van der Waals surface area (Å²) in [5, 5.41) is 6.75. The second-order valence-corrected chi connectivity index (χ2v) is 11.2. The van der Waals surface area contributed by atoms with E-state index in [-0.39, 0.29) is 23.9 Å². The Morgan fingerprint density at radius 1 is 1.06 bits per heavy atom. The Morgan fingerprint density at radius 2 is 1.74 bits per heavy atom. The number of carbonyl (C=O) groups is 1. The van der Waals surface area contributed by atoms with E-state index in [9.17, 15) is 9.59 Å². The van der Waals surface area contributed by atoms with Crippen LogP contribution >= 0.6 is 0 Å². The minimum atomic E-state index is -0.535. The predicted octanol–water partition coefficient (Wildman–Crippen LogP) is 4.52. The molecule has 4 bridgehead atoms. The highest BCUT2D eigenvalue weighted by Crippen LogP contribution is 2.53. The molecule has 1 aromatic heterocycles. The van der Waals surface area contributed by atoms with Gasteiger partial charge in [-0.1, -0.05) is 0 Å². The summed E-state index contributed by atoms with van der Waals surface area (Å²) in [6.45, 7) is 3.96. The molecule has 1 aliphatic heterocycles. The molecule has 0 atom stereocenters. The van der Waals surface area contributed by atoms with Crippen LogP contribution in [0.4, 0.5) is 10.5 Å². The third kappa shape index (κ3) is 4.08. The van der Waals surface area contributed by atoms with Gasteiger partial charge in [0.25, 0.3) is 0 Å². The van der Waals surface area contributed by atoms with Gasteiger partial charge in [-0.05, 0) is 101 Å². The molecule has 0 radical (unpaired) electrons. The number of benzene rings is 1. The van der Waals surface area contributed by atoms with Gasteiger partial charge in [0.1, 0.15) is 23.1 Å². The lowest BCUT2D eigenvalue weighted by Crippen LogP contribution is -2.56. The van der Waals surface area contributed by atoms with Crippen LogP contribution in [0.25, 0.3) is 11.0 Å². The van der Waals surface area contributed by atoms with Crippen LogP contribution in [-0.4, -0.2) is 43.2 Å². The summed E-state index contributed by atoms with van der Waals surface area (Å²) in [6.07, 6.45) is 8.46. The lowest BCUT2D eigenvalue weighted by atomic mass is 9.54. The Kier molecular flexibility index (Phi) is 5.55. The Hall–Kier alpha value is -2.54. The molecule has 182 valence electrons. The highest BCUT2D eigenvalue weighted by molar-refractivity contribution is 5.92. The molecule has 5 aliphatic rings. The Bertz CT molecular complexity index is 1120.